The van der Waals surface area contributed by atoms with Crippen LogP contribution in [0.1, 0.15) is 23.3 Å². The summed E-state index contributed by atoms with van der Waals surface area (Å²) < 4.78 is 20.0. The van der Waals surface area contributed by atoms with Crippen LogP contribution in [0.4, 0.5) is 4.39 Å². The molecule has 1 saturated heterocycles. The Morgan fingerprint density at radius 3 is 2.88 bits per heavy atom. The van der Waals surface area contributed by atoms with Gasteiger partial charge in [0.05, 0.1) is 5.56 Å². The number of benzene rings is 1. The minimum Gasteiger partial charge on any atom is -0.444 e. The fourth-order valence-electron chi connectivity index (χ4n) is 3.79. The van der Waals surface area contributed by atoms with Gasteiger partial charge in [0.1, 0.15) is 12.1 Å². The summed E-state index contributed by atoms with van der Waals surface area (Å²) in [6.07, 6.45) is 3.41. The lowest BCUT2D eigenvalue weighted by Crippen LogP contribution is -2.33. The molecule has 2 aromatic rings. The van der Waals surface area contributed by atoms with Gasteiger partial charge < -0.3 is 15.1 Å². The number of aromatic nitrogens is 1. The average molecular weight is 431 g/mol. The fraction of sp³-hybridized carbons (Fsp3) is 0.412. The van der Waals surface area contributed by atoms with E-state index >= 15 is 0 Å². The van der Waals surface area contributed by atoms with Crippen molar-refractivity contribution in [2.24, 2.45) is 17.6 Å². The Bertz CT molecular complexity index is 800. The Labute approximate surface area is 159 Å². The van der Waals surface area contributed by atoms with Crippen LogP contribution < -0.4 is 5.73 Å². The predicted molar refractivity (Wildman–Crippen MR) is 96.9 cm³/mol. The number of rotatable bonds is 2. The molecule has 5 nitrogen and oxygen atoms in total. The standard InChI is InChI=1S/C17H17BrFN3O2.ClH/c18-10-2-3-11(13(19)5-10)16-21-15(8-24-16)17(23)22-6-9-1-4-14(20)12(9)7-22;/h2-3,5,8-9,12,14H,1,4,6-7,20H2;1H. The van der Waals surface area contributed by atoms with Crippen LogP contribution in [0, 0.1) is 17.7 Å². The van der Waals surface area contributed by atoms with E-state index in [0.29, 0.717) is 29.4 Å². The second-order valence-electron chi connectivity index (χ2n) is 6.54. The molecule has 8 heteroatoms. The van der Waals surface area contributed by atoms with Gasteiger partial charge in [-0.25, -0.2) is 9.37 Å². The number of likely N-dealkylation sites (tertiary alicyclic amines) is 1. The molecule has 2 N–H and O–H groups in total. The van der Waals surface area contributed by atoms with Crippen LogP contribution in [0.5, 0.6) is 0 Å². The van der Waals surface area contributed by atoms with E-state index in [1.165, 1.54) is 12.3 Å². The zero-order chi connectivity index (χ0) is 16.8. The molecule has 1 saturated carbocycles. The summed E-state index contributed by atoms with van der Waals surface area (Å²) >= 11 is 3.21. The van der Waals surface area contributed by atoms with Crippen LogP contribution in [-0.2, 0) is 0 Å². The molecule has 0 bridgehead atoms. The number of oxazole rings is 1. The molecule has 1 aliphatic carbocycles. The maximum atomic E-state index is 14.0. The lowest BCUT2D eigenvalue weighted by atomic mass is 9.98. The molecule has 1 aromatic heterocycles. The number of hydrogen-bond acceptors (Lipinski definition) is 4. The van der Waals surface area contributed by atoms with Gasteiger partial charge in [0, 0.05) is 23.6 Å². The number of carbonyl (C=O) groups excluding carboxylic acids is 1. The lowest BCUT2D eigenvalue weighted by molar-refractivity contribution is 0.0773. The first kappa shape index (κ1) is 18.4. The largest absolute Gasteiger partial charge is 0.444 e. The quantitative estimate of drug-likeness (QED) is 0.792. The van der Waals surface area contributed by atoms with Crippen LogP contribution in [0.3, 0.4) is 0 Å². The summed E-state index contributed by atoms with van der Waals surface area (Å²) in [4.78, 5) is 18.6. The number of nitrogens with zero attached hydrogens (tertiary/aromatic N) is 2. The third-order valence-electron chi connectivity index (χ3n) is 5.08. The Balaban J connectivity index is 0.00000182. The summed E-state index contributed by atoms with van der Waals surface area (Å²) in [5.41, 5.74) is 6.56. The third kappa shape index (κ3) is 3.32. The summed E-state index contributed by atoms with van der Waals surface area (Å²) in [5.74, 6) is 0.346. The summed E-state index contributed by atoms with van der Waals surface area (Å²) in [6, 6.07) is 4.79. The van der Waals surface area contributed by atoms with E-state index in [2.05, 4.69) is 20.9 Å². The number of halogens is 3. The predicted octanol–water partition coefficient (Wildman–Crippen LogP) is 3.47. The molecule has 0 radical (unpaired) electrons. The Morgan fingerprint density at radius 1 is 1.36 bits per heavy atom. The number of carbonyl (C=O) groups is 1. The zero-order valence-electron chi connectivity index (χ0n) is 13.3. The minimum atomic E-state index is -0.452. The van der Waals surface area contributed by atoms with Gasteiger partial charge >= 0.3 is 0 Å². The second kappa shape index (κ2) is 7.05. The van der Waals surface area contributed by atoms with Gasteiger partial charge in [-0.2, -0.15) is 0 Å². The SMILES string of the molecule is Cl.NC1CCC2CN(C(=O)c3coc(-c4ccc(Br)cc4F)n3)CC12. The van der Waals surface area contributed by atoms with E-state index in [9.17, 15) is 9.18 Å². The molecule has 25 heavy (non-hydrogen) atoms. The molecule has 1 aliphatic heterocycles. The molecule has 3 atom stereocenters. The van der Waals surface area contributed by atoms with Crippen molar-refractivity contribution in [2.45, 2.75) is 18.9 Å². The maximum absolute atomic E-state index is 14.0. The first-order valence-corrected chi connectivity index (χ1v) is 8.78. The zero-order valence-corrected chi connectivity index (χ0v) is 15.7. The molecule has 0 spiro atoms. The van der Waals surface area contributed by atoms with Gasteiger partial charge in [0.15, 0.2) is 5.69 Å². The summed E-state index contributed by atoms with van der Waals surface area (Å²) in [6.45, 7) is 1.38. The lowest BCUT2D eigenvalue weighted by Gasteiger charge is -2.17. The van der Waals surface area contributed by atoms with Gasteiger partial charge in [-0.05, 0) is 42.9 Å². The van der Waals surface area contributed by atoms with Gasteiger partial charge in [-0.15, -0.1) is 12.4 Å². The van der Waals surface area contributed by atoms with E-state index in [4.69, 9.17) is 10.2 Å². The summed E-state index contributed by atoms with van der Waals surface area (Å²) in [7, 11) is 0. The fourth-order valence-corrected chi connectivity index (χ4v) is 4.13. The molecule has 2 heterocycles. The number of amides is 1. The van der Waals surface area contributed by atoms with Gasteiger partial charge in [-0.3, -0.25) is 4.79 Å². The molecule has 3 unspecified atom stereocenters. The highest BCUT2D eigenvalue weighted by molar-refractivity contribution is 9.10. The van der Waals surface area contributed by atoms with E-state index in [1.807, 2.05) is 0 Å². The number of hydrogen-bond donors (Lipinski definition) is 1. The van der Waals surface area contributed by atoms with Crippen LogP contribution in [0.15, 0.2) is 33.4 Å². The van der Waals surface area contributed by atoms with Crippen LogP contribution in [0.25, 0.3) is 11.5 Å². The minimum absolute atomic E-state index is 0. The van der Waals surface area contributed by atoms with E-state index < -0.39 is 5.82 Å². The summed E-state index contributed by atoms with van der Waals surface area (Å²) in [5, 5.41) is 0. The van der Waals surface area contributed by atoms with Crippen molar-refractivity contribution in [3.8, 4) is 11.5 Å². The average Bonchev–Trinajstić information content (AvgIpc) is 3.24. The van der Waals surface area contributed by atoms with Crippen molar-refractivity contribution in [1.29, 1.82) is 0 Å². The molecule has 134 valence electrons. The Hall–Kier alpha value is -1.44. The first-order valence-electron chi connectivity index (χ1n) is 7.98. The Kier molecular flexibility index (Phi) is 5.18. The maximum Gasteiger partial charge on any atom is 0.275 e. The van der Waals surface area contributed by atoms with Crippen LogP contribution in [-0.4, -0.2) is 34.9 Å². The van der Waals surface area contributed by atoms with Gasteiger partial charge in [0.25, 0.3) is 5.91 Å². The molecule has 1 aromatic carbocycles. The number of nitrogens with two attached hydrogens (primary N) is 1. The van der Waals surface area contributed by atoms with Crippen molar-refractivity contribution in [2.75, 3.05) is 13.1 Å². The van der Waals surface area contributed by atoms with Crippen molar-refractivity contribution in [3.63, 3.8) is 0 Å². The van der Waals surface area contributed by atoms with Crippen LogP contribution >= 0.6 is 28.3 Å². The van der Waals surface area contributed by atoms with Crippen molar-refractivity contribution < 1.29 is 13.6 Å². The van der Waals surface area contributed by atoms with Gasteiger partial charge in [-0.1, -0.05) is 15.9 Å². The molecule has 4 rings (SSSR count). The topological polar surface area (TPSA) is 72.4 Å². The monoisotopic (exact) mass is 429 g/mol. The van der Waals surface area contributed by atoms with Crippen LogP contribution in [0.2, 0.25) is 0 Å². The highest BCUT2D eigenvalue weighted by Gasteiger charge is 2.43. The smallest absolute Gasteiger partial charge is 0.275 e. The number of fused-ring (bicyclic) bond motifs is 1. The van der Waals surface area contributed by atoms with Crippen molar-refractivity contribution in [1.82, 2.24) is 9.88 Å². The van der Waals surface area contributed by atoms with Crippen molar-refractivity contribution >= 4 is 34.2 Å². The van der Waals surface area contributed by atoms with E-state index in [1.54, 1.807) is 17.0 Å². The second-order valence-corrected chi connectivity index (χ2v) is 7.45. The van der Waals surface area contributed by atoms with E-state index in [-0.39, 0.29) is 41.5 Å². The molecule has 2 fully saturated rings. The molecule has 1 amide bonds. The van der Waals surface area contributed by atoms with Gasteiger partial charge in [0.2, 0.25) is 5.89 Å². The normalized spacial score (nSPS) is 24.9. The molecular weight excluding hydrogens is 413 g/mol. The van der Waals surface area contributed by atoms with Crippen molar-refractivity contribution in [3.05, 3.63) is 40.4 Å². The van der Waals surface area contributed by atoms with E-state index in [0.717, 1.165) is 12.8 Å². The Morgan fingerprint density at radius 2 is 2.16 bits per heavy atom. The highest BCUT2D eigenvalue weighted by atomic mass is 79.9. The molecular formula is C17H18BrClFN3O2. The first-order chi connectivity index (χ1) is 11.5. The highest BCUT2D eigenvalue weighted by Crippen LogP contribution is 2.37. The third-order valence-corrected chi connectivity index (χ3v) is 5.58. The molecule has 2 aliphatic rings.